The Morgan fingerprint density at radius 3 is 2.17 bits per heavy atom. The van der Waals surface area contributed by atoms with Gasteiger partial charge in [0, 0.05) is 11.3 Å². The summed E-state index contributed by atoms with van der Waals surface area (Å²) in [6, 6.07) is 35.6. The molecule has 8 heteroatoms. The van der Waals surface area contributed by atoms with Gasteiger partial charge in [0.25, 0.3) is 11.8 Å². The molecule has 6 atom stereocenters. The molecule has 0 bridgehead atoms. The standard InChI is InChI=1S/C45H39N3O5/c1-3-27-15-19-30(20-16-27)47-41(50)35-22-21-34-36(39(35)43(47)52)25-37-42(51)48(46-29-17-13-26(2)14-18-29)44(53)45(37,28-9-5-4-6-10-28)40(34)33-23-24-38(49)32-12-8-7-11-31(32)33/h4-21,23-24,35-37,39-40,46,49H,3,22,25H2,1-2H3/t35-,36+,37-,39-,40-,45+/m0/s1. The van der Waals surface area contributed by atoms with Crippen LogP contribution in [0.2, 0.25) is 0 Å². The van der Waals surface area contributed by atoms with Gasteiger partial charge in [-0.1, -0.05) is 109 Å². The number of imide groups is 2. The zero-order chi connectivity index (χ0) is 36.6. The third-order valence-corrected chi connectivity index (χ3v) is 12.2. The first kappa shape index (κ1) is 32.9. The molecule has 5 aromatic carbocycles. The van der Waals surface area contributed by atoms with Crippen LogP contribution in [-0.4, -0.2) is 33.7 Å². The molecule has 2 heterocycles. The van der Waals surface area contributed by atoms with Crippen LogP contribution in [0.4, 0.5) is 11.4 Å². The topological polar surface area (TPSA) is 107 Å². The predicted octanol–water partition coefficient (Wildman–Crippen LogP) is 7.61. The average molecular weight is 702 g/mol. The highest BCUT2D eigenvalue weighted by Crippen LogP contribution is 2.65. The molecule has 0 unspecified atom stereocenters. The molecule has 4 aliphatic rings. The highest BCUT2D eigenvalue weighted by atomic mass is 16.3. The molecule has 1 saturated carbocycles. The van der Waals surface area contributed by atoms with E-state index in [0.717, 1.165) is 34.1 Å². The maximum absolute atomic E-state index is 15.5. The van der Waals surface area contributed by atoms with E-state index in [1.54, 1.807) is 6.07 Å². The first-order chi connectivity index (χ1) is 25.7. The third-order valence-electron chi connectivity index (χ3n) is 12.2. The summed E-state index contributed by atoms with van der Waals surface area (Å²) in [5, 5.41) is 13.6. The van der Waals surface area contributed by atoms with Crippen LogP contribution in [0.25, 0.3) is 10.8 Å². The van der Waals surface area contributed by atoms with Crippen LogP contribution < -0.4 is 10.3 Å². The lowest BCUT2D eigenvalue weighted by atomic mass is 9.49. The quantitative estimate of drug-likeness (QED) is 0.140. The number of phenolic OH excluding ortho intramolecular Hbond substituents is 1. The van der Waals surface area contributed by atoms with Crippen molar-refractivity contribution in [1.82, 2.24) is 5.01 Å². The second-order valence-electron chi connectivity index (χ2n) is 14.8. The van der Waals surface area contributed by atoms with Gasteiger partial charge in [-0.15, -0.1) is 0 Å². The maximum atomic E-state index is 15.5. The average Bonchev–Trinajstić information content (AvgIpc) is 3.57. The maximum Gasteiger partial charge on any atom is 0.260 e. The van der Waals surface area contributed by atoms with Crippen molar-refractivity contribution in [3.8, 4) is 5.75 Å². The minimum Gasteiger partial charge on any atom is -0.507 e. The van der Waals surface area contributed by atoms with E-state index in [9.17, 15) is 19.5 Å². The normalized spacial score (nSPS) is 26.4. The molecular formula is C45H39N3O5. The highest BCUT2D eigenvalue weighted by molar-refractivity contribution is 6.22. The van der Waals surface area contributed by atoms with Crippen LogP contribution in [0.5, 0.6) is 5.75 Å². The molecule has 0 aromatic heterocycles. The summed E-state index contributed by atoms with van der Waals surface area (Å²) in [5.74, 6) is -4.48. The van der Waals surface area contributed by atoms with Gasteiger partial charge in [-0.2, -0.15) is 5.01 Å². The van der Waals surface area contributed by atoms with Gasteiger partial charge in [0.1, 0.15) is 5.75 Å². The second-order valence-corrected chi connectivity index (χ2v) is 14.8. The van der Waals surface area contributed by atoms with Crippen LogP contribution in [0.15, 0.2) is 127 Å². The van der Waals surface area contributed by atoms with E-state index < -0.39 is 35.0 Å². The summed E-state index contributed by atoms with van der Waals surface area (Å²) in [5.41, 5.74) is 7.42. The number of rotatable bonds is 6. The van der Waals surface area contributed by atoms with Gasteiger partial charge in [-0.05, 0) is 84.5 Å². The number of hydrazine groups is 1. The lowest BCUT2D eigenvalue weighted by molar-refractivity contribution is -0.138. The largest absolute Gasteiger partial charge is 0.507 e. The van der Waals surface area contributed by atoms with E-state index in [0.29, 0.717) is 28.7 Å². The Hall–Kier alpha value is -6.02. The number of carbonyl (C=O) groups is 4. The smallest absolute Gasteiger partial charge is 0.260 e. The van der Waals surface area contributed by atoms with Crippen molar-refractivity contribution in [3.05, 3.63) is 149 Å². The second kappa shape index (κ2) is 12.3. The lowest BCUT2D eigenvalue weighted by Crippen LogP contribution is -2.53. The van der Waals surface area contributed by atoms with Gasteiger partial charge in [-0.3, -0.25) is 29.5 Å². The molecule has 8 nitrogen and oxygen atoms in total. The Labute approximate surface area is 307 Å². The molecule has 4 amide bonds. The third kappa shape index (κ3) is 4.74. The van der Waals surface area contributed by atoms with E-state index in [-0.39, 0.29) is 35.8 Å². The first-order valence-corrected chi connectivity index (χ1v) is 18.4. The van der Waals surface area contributed by atoms with Crippen molar-refractivity contribution in [2.75, 3.05) is 10.3 Å². The number of nitrogens with zero attached hydrogens (tertiary/aromatic N) is 2. The molecule has 264 valence electrons. The van der Waals surface area contributed by atoms with Gasteiger partial charge >= 0.3 is 0 Å². The summed E-state index contributed by atoms with van der Waals surface area (Å²) in [6.07, 6.45) is 3.46. The molecule has 0 radical (unpaired) electrons. The number of hydrogen-bond donors (Lipinski definition) is 2. The van der Waals surface area contributed by atoms with Gasteiger partial charge in [-0.25, -0.2) is 0 Å². The number of nitrogens with one attached hydrogen (secondary N) is 1. The number of aromatic hydroxyl groups is 1. The summed E-state index contributed by atoms with van der Waals surface area (Å²) in [7, 11) is 0. The minimum absolute atomic E-state index is 0.109. The monoisotopic (exact) mass is 701 g/mol. The molecule has 2 N–H and O–H groups in total. The van der Waals surface area contributed by atoms with Crippen molar-refractivity contribution >= 4 is 45.8 Å². The van der Waals surface area contributed by atoms with E-state index in [1.165, 1.54) is 9.91 Å². The molecule has 3 fully saturated rings. The van der Waals surface area contributed by atoms with Crippen LogP contribution >= 0.6 is 0 Å². The molecule has 2 saturated heterocycles. The number of amides is 4. The number of carbonyl (C=O) groups excluding carboxylic acids is 4. The lowest BCUT2D eigenvalue weighted by Gasteiger charge is -2.51. The molecule has 5 aromatic rings. The Morgan fingerprint density at radius 2 is 1.45 bits per heavy atom. The van der Waals surface area contributed by atoms with E-state index in [1.807, 2.05) is 116 Å². The fourth-order valence-corrected chi connectivity index (χ4v) is 9.79. The van der Waals surface area contributed by atoms with Crippen molar-refractivity contribution < 1.29 is 24.3 Å². The van der Waals surface area contributed by atoms with Crippen molar-refractivity contribution in [2.24, 2.45) is 23.7 Å². The Bertz CT molecular complexity index is 2350. The number of allylic oxidation sites excluding steroid dienone is 2. The van der Waals surface area contributed by atoms with Crippen LogP contribution in [0, 0.1) is 30.6 Å². The number of benzene rings is 5. The summed E-state index contributed by atoms with van der Waals surface area (Å²) >= 11 is 0. The number of anilines is 2. The van der Waals surface area contributed by atoms with Gasteiger partial charge in [0.15, 0.2) is 0 Å². The Morgan fingerprint density at radius 1 is 0.755 bits per heavy atom. The molecule has 53 heavy (non-hydrogen) atoms. The van der Waals surface area contributed by atoms with Crippen LogP contribution in [-0.2, 0) is 31.0 Å². The van der Waals surface area contributed by atoms with Crippen molar-refractivity contribution in [1.29, 1.82) is 0 Å². The Kier molecular flexibility index (Phi) is 7.62. The molecule has 9 rings (SSSR count). The SMILES string of the molecule is CCc1ccc(N2C(=O)[C@H]3[C@H](CC=C4[C@H]3C[C@H]3C(=O)N(Nc5ccc(C)cc5)C(=O)[C@@]3(c3ccccc3)[C@H]4c3ccc(O)c4ccccc34)C2=O)cc1. The first-order valence-electron chi connectivity index (χ1n) is 18.4. The van der Waals surface area contributed by atoms with Gasteiger partial charge in [0.2, 0.25) is 11.8 Å². The highest BCUT2D eigenvalue weighted by Gasteiger charge is 2.70. The Balaban J connectivity index is 1.26. The predicted molar refractivity (Wildman–Crippen MR) is 203 cm³/mol. The van der Waals surface area contributed by atoms with Gasteiger partial charge < -0.3 is 5.11 Å². The molecule has 0 spiro atoms. The fraction of sp³-hybridized carbons (Fsp3) is 0.244. The molecule has 2 aliphatic heterocycles. The number of fused-ring (bicyclic) bond motifs is 5. The zero-order valence-electron chi connectivity index (χ0n) is 29.5. The van der Waals surface area contributed by atoms with E-state index in [2.05, 4.69) is 18.4 Å². The number of phenols is 1. The summed E-state index contributed by atoms with van der Waals surface area (Å²) < 4.78 is 0. The summed E-state index contributed by atoms with van der Waals surface area (Å²) in [6.45, 7) is 4.03. The number of aryl methyl sites for hydroxylation is 2. The van der Waals surface area contributed by atoms with E-state index >= 15 is 4.79 Å². The van der Waals surface area contributed by atoms with Crippen molar-refractivity contribution in [2.45, 2.75) is 44.4 Å². The van der Waals surface area contributed by atoms with Gasteiger partial charge in [0.05, 0.1) is 34.5 Å². The molecule has 2 aliphatic carbocycles. The van der Waals surface area contributed by atoms with Crippen molar-refractivity contribution in [3.63, 3.8) is 0 Å². The zero-order valence-corrected chi connectivity index (χ0v) is 29.5. The van der Waals surface area contributed by atoms with Crippen LogP contribution in [0.3, 0.4) is 0 Å². The van der Waals surface area contributed by atoms with Crippen LogP contribution in [0.1, 0.15) is 47.9 Å². The van der Waals surface area contributed by atoms with E-state index in [4.69, 9.17) is 0 Å². The fourth-order valence-electron chi connectivity index (χ4n) is 9.79. The number of hydrogen-bond acceptors (Lipinski definition) is 6. The molecular weight excluding hydrogens is 663 g/mol. The summed E-state index contributed by atoms with van der Waals surface area (Å²) in [4.78, 5) is 60.6. The minimum atomic E-state index is -1.40.